The molecule has 0 saturated carbocycles. The maximum atomic E-state index is 9.54. The van der Waals surface area contributed by atoms with E-state index in [1.165, 1.54) is 0 Å². The molecule has 4 nitrogen and oxygen atoms in total. The van der Waals surface area contributed by atoms with Crippen LogP contribution in [0.5, 0.6) is 5.75 Å². The predicted octanol–water partition coefficient (Wildman–Crippen LogP) is 3.94. The van der Waals surface area contributed by atoms with Gasteiger partial charge in [-0.3, -0.25) is 0 Å². The van der Waals surface area contributed by atoms with Crippen molar-refractivity contribution >= 4 is 45.3 Å². The van der Waals surface area contributed by atoms with Crippen molar-refractivity contribution in [1.82, 2.24) is 9.97 Å². The number of aromatic hydroxyl groups is 1. The first kappa shape index (κ1) is 13.6. The fourth-order valence-corrected chi connectivity index (χ4v) is 2.55. The molecule has 0 amide bonds. The van der Waals surface area contributed by atoms with Gasteiger partial charge in [-0.15, -0.1) is 0 Å². The van der Waals surface area contributed by atoms with E-state index in [0.29, 0.717) is 11.4 Å². The van der Waals surface area contributed by atoms with E-state index in [-0.39, 0.29) is 5.75 Å². The Bertz CT molecular complexity index is 857. The van der Waals surface area contributed by atoms with E-state index in [4.69, 9.17) is 0 Å². The van der Waals surface area contributed by atoms with Crippen molar-refractivity contribution in [3.05, 3.63) is 57.4 Å². The second-order valence-electron chi connectivity index (χ2n) is 4.48. The Morgan fingerprint density at radius 1 is 1.29 bits per heavy atom. The Kier molecular flexibility index (Phi) is 3.62. The van der Waals surface area contributed by atoms with Crippen molar-refractivity contribution in [2.45, 2.75) is 0 Å². The molecule has 3 rings (SSSR count). The van der Waals surface area contributed by atoms with Crippen LogP contribution in [0.25, 0.3) is 22.7 Å². The quantitative estimate of drug-likeness (QED) is 0.517. The molecule has 0 fully saturated rings. The van der Waals surface area contributed by atoms with Gasteiger partial charge >= 0.3 is 0 Å². The number of phenolic OH excluding ortho intramolecular Hbond substituents is 1. The zero-order valence-corrected chi connectivity index (χ0v) is 13.0. The SMILES string of the molecule is N#C/C(=C\c1ccc(O)c(I)c1)c1nc2ccccc2[nH]1. The highest BCUT2D eigenvalue weighted by Crippen LogP contribution is 2.24. The summed E-state index contributed by atoms with van der Waals surface area (Å²) in [6, 6.07) is 15.0. The van der Waals surface area contributed by atoms with E-state index in [9.17, 15) is 10.4 Å². The van der Waals surface area contributed by atoms with Gasteiger partial charge in [0.2, 0.25) is 0 Å². The number of hydrogen-bond donors (Lipinski definition) is 2. The van der Waals surface area contributed by atoms with E-state index in [1.54, 1.807) is 18.2 Å². The molecule has 1 aromatic heterocycles. The molecule has 0 saturated heterocycles. The van der Waals surface area contributed by atoms with Crippen LogP contribution in [-0.4, -0.2) is 15.1 Å². The Labute approximate surface area is 134 Å². The number of aromatic amines is 1. The first-order valence-corrected chi connectivity index (χ1v) is 7.30. The summed E-state index contributed by atoms with van der Waals surface area (Å²) in [5.41, 5.74) is 3.02. The average molecular weight is 387 g/mol. The standard InChI is InChI=1S/C16H10IN3O/c17-12-8-10(5-6-15(12)21)7-11(9-18)16-19-13-3-1-2-4-14(13)20-16/h1-8,21H,(H,19,20)/b11-7+. The van der Waals surface area contributed by atoms with Gasteiger partial charge in [-0.2, -0.15) is 5.26 Å². The molecule has 102 valence electrons. The molecule has 0 spiro atoms. The predicted molar refractivity (Wildman–Crippen MR) is 90.4 cm³/mol. The number of allylic oxidation sites excluding steroid dienone is 1. The Morgan fingerprint density at radius 2 is 2.10 bits per heavy atom. The molecule has 1 heterocycles. The second-order valence-corrected chi connectivity index (χ2v) is 5.65. The molecule has 0 unspecified atom stereocenters. The summed E-state index contributed by atoms with van der Waals surface area (Å²) in [5.74, 6) is 0.775. The minimum Gasteiger partial charge on any atom is -0.507 e. The third-order valence-corrected chi connectivity index (χ3v) is 3.91. The fraction of sp³-hybridized carbons (Fsp3) is 0. The largest absolute Gasteiger partial charge is 0.507 e. The van der Waals surface area contributed by atoms with Crippen LogP contribution in [0.2, 0.25) is 0 Å². The Hall–Kier alpha value is -2.33. The van der Waals surface area contributed by atoms with E-state index in [0.717, 1.165) is 20.2 Å². The average Bonchev–Trinajstić information content (AvgIpc) is 2.92. The smallest absolute Gasteiger partial charge is 0.149 e. The van der Waals surface area contributed by atoms with Gasteiger partial charge in [-0.25, -0.2) is 4.98 Å². The lowest BCUT2D eigenvalue weighted by Crippen LogP contribution is -1.85. The van der Waals surface area contributed by atoms with Crippen molar-refractivity contribution < 1.29 is 5.11 Å². The number of benzene rings is 2. The fourth-order valence-electron chi connectivity index (χ4n) is 2.01. The van der Waals surface area contributed by atoms with Crippen LogP contribution in [0.4, 0.5) is 0 Å². The maximum absolute atomic E-state index is 9.54. The zero-order chi connectivity index (χ0) is 14.8. The van der Waals surface area contributed by atoms with Crippen molar-refractivity contribution in [3.8, 4) is 11.8 Å². The van der Waals surface area contributed by atoms with Gasteiger partial charge in [-0.1, -0.05) is 18.2 Å². The summed E-state index contributed by atoms with van der Waals surface area (Å²) in [6.07, 6.45) is 1.75. The van der Waals surface area contributed by atoms with Crippen LogP contribution in [0.1, 0.15) is 11.4 Å². The van der Waals surface area contributed by atoms with Crippen LogP contribution in [-0.2, 0) is 0 Å². The normalized spacial score (nSPS) is 11.5. The third kappa shape index (κ3) is 2.76. The summed E-state index contributed by atoms with van der Waals surface area (Å²) >= 11 is 2.05. The van der Waals surface area contributed by atoms with Crippen molar-refractivity contribution in [3.63, 3.8) is 0 Å². The van der Waals surface area contributed by atoms with Gasteiger partial charge < -0.3 is 10.1 Å². The zero-order valence-electron chi connectivity index (χ0n) is 10.8. The maximum Gasteiger partial charge on any atom is 0.149 e. The number of rotatable bonds is 2. The molecule has 5 heteroatoms. The summed E-state index contributed by atoms with van der Waals surface area (Å²) in [7, 11) is 0. The number of H-pyrrole nitrogens is 1. The summed E-state index contributed by atoms with van der Waals surface area (Å²) < 4.78 is 0.739. The van der Waals surface area contributed by atoms with E-state index >= 15 is 0 Å². The van der Waals surface area contributed by atoms with Crippen molar-refractivity contribution in [1.29, 1.82) is 5.26 Å². The molecule has 3 aromatic rings. The molecule has 2 N–H and O–H groups in total. The van der Waals surface area contributed by atoms with E-state index < -0.39 is 0 Å². The van der Waals surface area contributed by atoms with E-state index in [1.807, 2.05) is 52.9 Å². The Morgan fingerprint density at radius 3 is 2.81 bits per heavy atom. The molecular weight excluding hydrogens is 377 g/mol. The van der Waals surface area contributed by atoms with Gasteiger partial charge in [0, 0.05) is 0 Å². The first-order chi connectivity index (χ1) is 10.2. The highest BCUT2D eigenvalue weighted by molar-refractivity contribution is 14.1. The topological polar surface area (TPSA) is 72.7 Å². The monoisotopic (exact) mass is 387 g/mol. The van der Waals surface area contributed by atoms with Gasteiger partial charge in [0.25, 0.3) is 0 Å². The molecule has 0 bridgehead atoms. The van der Waals surface area contributed by atoms with Crippen LogP contribution < -0.4 is 0 Å². The third-order valence-electron chi connectivity index (χ3n) is 3.05. The molecule has 21 heavy (non-hydrogen) atoms. The molecular formula is C16H10IN3O. The molecule has 0 aliphatic carbocycles. The van der Waals surface area contributed by atoms with Crippen LogP contribution in [0.3, 0.4) is 0 Å². The van der Waals surface area contributed by atoms with Crippen LogP contribution in [0, 0.1) is 14.9 Å². The second kappa shape index (κ2) is 5.58. The lowest BCUT2D eigenvalue weighted by molar-refractivity contribution is 0.471. The van der Waals surface area contributed by atoms with Crippen molar-refractivity contribution in [2.24, 2.45) is 0 Å². The number of nitrogens with zero attached hydrogens (tertiary/aromatic N) is 2. The lowest BCUT2D eigenvalue weighted by atomic mass is 10.1. The first-order valence-electron chi connectivity index (χ1n) is 6.23. The van der Waals surface area contributed by atoms with Crippen LogP contribution >= 0.6 is 22.6 Å². The van der Waals surface area contributed by atoms with Crippen LogP contribution in [0.15, 0.2) is 42.5 Å². The number of imidazole rings is 1. The minimum absolute atomic E-state index is 0.231. The number of nitrogens with one attached hydrogen (secondary N) is 1. The molecule has 0 aliphatic rings. The van der Waals surface area contributed by atoms with Gasteiger partial charge in [0.1, 0.15) is 17.6 Å². The number of halogens is 1. The summed E-state index contributed by atoms with van der Waals surface area (Å²) in [5, 5.41) is 18.9. The minimum atomic E-state index is 0.231. The number of para-hydroxylation sites is 2. The molecule has 2 aromatic carbocycles. The molecule has 0 radical (unpaired) electrons. The number of nitriles is 1. The molecule has 0 atom stereocenters. The summed E-state index contributed by atoms with van der Waals surface area (Å²) in [4.78, 5) is 7.56. The van der Waals surface area contributed by atoms with E-state index in [2.05, 4.69) is 16.0 Å². The number of aromatic nitrogens is 2. The van der Waals surface area contributed by atoms with Crippen molar-refractivity contribution in [2.75, 3.05) is 0 Å². The highest BCUT2D eigenvalue weighted by atomic mass is 127. The van der Waals surface area contributed by atoms with Gasteiger partial charge in [0.15, 0.2) is 0 Å². The van der Waals surface area contributed by atoms with Gasteiger partial charge in [-0.05, 0) is 58.5 Å². The lowest BCUT2D eigenvalue weighted by Gasteiger charge is -1.99. The number of hydrogen-bond acceptors (Lipinski definition) is 3. The number of fused-ring (bicyclic) bond motifs is 1. The highest BCUT2D eigenvalue weighted by Gasteiger charge is 2.08. The summed E-state index contributed by atoms with van der Waals surface area (Å²) in [6.45, 7) is 0. The molecule has 0 aliphatic heterocycles. The Balaban J connectivity index is 2.06. The van der Waals surface area contributed by atoms with Gasteiger partial charge in [0.05, 0.1) is 20.2 Å². The number of phenols is 1.